The third kappa shape index (κ3) is 6.41. The average molecular weight is 381 g/mol. The normalized spacial score (nSPS) is 12.7. The molecule has 0 aliphatic rings. The predicted molar refractivity (Wildman–Crippen MR) is 100 cm³/mol. The smallest absolute Gasteiger partial charge is 0.423 e. The van der Waals surface area contributed by atoms with Crippen molar-refractivity contribution in [3.05, 3.63) is 41.6 Å². The first-order valence-corrected chi connectivity index (χ1v) is 9.30. The average Bonchev–Trinajstić information content (AvgIpc) is 2.62. The highest BCUT2D eigenvalue weighted by Crippen LogP contribution is 2.35. The van der Waals surface area contributed by atoms with Crippen LogP contribution in [-0.4, -0.2) is 16.1 Å². The summed E-state index contributed by atoms with van der Waals surface area (Å²) in [6.45, 7) is 5.70. The van der Waals surface area contributed by atoms with Crippen LogP contribution in [0.4, 0.5) is 24.8 Å². The van der Waals surface area contributed by atoms with Crippen molar-refractivity contribution in [1.82, 2.24) is 9.97 Å². The molecule has 0 spiro atoms. The zero-order valence-corrected chi connectivity index (χ0v) is 15.9. The molecule has 148 valence electrons. The summed E-state index contributed by atoms with van der Waals surface area (Å²) in [7, 11) is 0. The summed E-state index contributed by atoms with van der Waals surface area (Å²) < 4.78 is 44.8. The van der Waals surface area contributed by atoms with Crippen molar-refractivity contribution in [1.29, 1.82) is 0 Å². The van der Waals surface area contributed by atoms with Gasteiger partial charge in [-0.05, 0) is 43.9 Å². The predicted octanol–water partition coefficient (Wildman–Crippen LogP) is 6.15. The van der Waals surface area contributed by atoms with E-state index < -0.39 is 17.6 Å². The molecule has 27 heavy (non-hydrogen) atoms. The van der Waals surface area contributed by atoms with Crippen LogP contribution < -0.4 is 10.1 Å². The number of ether oxygens (including phenoxy) is 1. The molecule has 1 aromatic heterocycles. The van der Waals surface area contributed by atoms with Crippen LogP contribution in [0.15, 0.2) is 30.5 Å². The van der Waals surface area contributed by atoms with Crippen LogP contribution in [0.3, 0.4) is 0 Å². The first kappa shape index (κ1) is 21.0. The molecule has 0 saturated carbocycles. The fraction of sp³-hybridized carbons (Fsp3) is 0.500. The quantitative estimate of drug-likeness (QED) is 0.529. The molecule has 1 atom stereocenters. The Morgan fingerprint density at radius 1 is 1.11 bits per heavy atom. The van der Waals surface area contributed by atoms with E-state index in [4.69, 9.17) is 4.74 Å². The molecule has 1 unspecified atom stereocenters. The molecule has 7 heteroatoms. The molecule has 0 saturated heterocycles. The minimum atomic E-state index is -4.57. The third-order valence-corrected chi connectivity index (χ3v) is 4.23. The van der Waals surface area contributed by atoms with E-state index in [2.05, 4.69) is 22.2 Å². The Morgan fingerprint density at radius 3 is 2.41 bits per heavy atom. The van der Waals surface area contributed by atoms with Gasteiger partial charge < -0.3 is 10.1 Å². The van der Waals surface area contributed by atoms with Gasteiger partial charge >= 0.3 is 6.18 Å². The van der Waals surface area contributed by atoms with E-state index in [9.17, 15) is 13.2 Å². The number of hydrogen-bond donors (Lipinski definition) is 1. The number of aryl methyl sites for hydroxylation is 1. The first-order chi connectivity index (χ1) is 12.8. The third-order valence-electron chi connectivity index (χ3n) is 4.23. The van der Waals surface area contributed by atoms with E-state index in [0.29, 0.717) is 12.1 Å². The number of nitrogens with zero attached hydrogens (tertiary/aromatic N) is 2. The maximum absolute atomic E-state index is 13.2. The van der Waals surface area contributed by atoms with Crippen LogP contribution in [0.1, 0.15) is 57.6 Å². The van der Waals surface area contributed by atoms with Crippen molar-refractivity contribution < 1.29 is 17.9 Å². The van der Waals surface area contributed by atoms with Crippen LogP contribution >= 0.6 is 0 Å². The highest BCUT2D eigenvalue weighted by molar-refractivity contribution is 5.54. The van der Waals surface area contributed by atoms with Gasteiger partial charge in [-0.15, -0.1) is 0 Å². The van der Waals surface area contributed by atoms with Crippen molar-refractivity contribution in [2.45, 2.75) is 65.2 Å². The zero-order chi connectivity index (χ0) is 19.9. The van der Waals surface area contributed by atoms with Gasteiger partial charge in [0.2, 0.25) is 11.8 Å². The number of aromatic nitrogens is 2. The molecule has 4 nitrogen and oxygen atoms in total. The van der Waals surface area contributed by atoms with Crippen molar-refractivity contribution in [2.75, 3.05) is 5.32 Å². The second-order valence-electron chi connectivity index (χ2n) is 6.53. The van der Waals surface area contributed by atoms with Gasteiger partial charge in [-0.2, -0.15) is 18.2 Å². The second-order valence-corrected chi connectivity index (χ2v) is 6.53. The number of nitrogens with one attached hydrogen (secondary N) is 1. The molecule has 1 heterocycles. The Hall–Kier alpha value is -2.31. The van der Waals surface area contributed by atoms with Gasteiger partial charge in [-0.3, -0.25) is 0 Å². The minimum Gasteiger partial charge on any atom is -0.474 e. The Morgan fingerprint density at radius 2 is 1.81 bits per heavy atom. The van der Waals surface area contributed by atoms with E-state index in [0.717, 1.165) is 19.0 Å². The molecule has 0 bridgehead atoms. The molecule has 1 aromatic carbocycles. The maximum Gasteiger partial charge on any atom is 0.423 e. The standard InChI is InChI=1S/C20H26F3N3O/c1-4-6-7-8-15-9-11-16(12-10-15)25-19-24-13-17(20(21,22)23)18(26-19)27-14(3)5-2/h9-14H,4-8H2,1-3H3,(H,24,25,26). The van der Waals surface area contributed by atoms with Crippen molar-refractivity contribution in [3.63, 3.8) is 0 Å². The lowest BCUT2D eigenvalue weighted by molar-refractivity contribution is -0.139. The first-order valence-electron chi connectivity index (χ1n) is 9.30. The molecule has 2 aromatic rings. The number of unbranched alkanes of at least 4 members (excludes halogenated alkanes) is 2. The molecule has 0 aliphatic carbocycles. The lowest BCUT2D eigenvalue weighted by Gasteiger charge is -2.17. The Kier molecular flexibility index (Phi) is 7.45. The number of benzene rings is 1. The van der Waals surface area contributed by atoms with Crippen molar-refractivity contribution >= 4 is 11.6 Å². The molecule has 0 radical (unpaired) electrons. The number of anilines is 2. The van der Waals surface area contributed by atoms with Crippen LogP contribution in [-0.2, 0) is 12.6 Å². The van der Waals surface area contributed by atoms with Crippen molar-refractivity contribution in [3.8, 4) is 5.88 Å². The Bertz CT molecular complexity index is 717. The summed E-state index contributed by atoms with van der Waals surface area (Å²) in [5.74, 6) is -0.384. The molecular weight excluding hydrogens is 355 g/mol. The summed E-state index contributed by atoms with van der Waals surface area (Å²) in [5.41, 5.74) is 0.964. The summed E-state index contributed by atoms with van der Waals surface area (Å²) in [4.78, 5) is 7.74. The highest BCUT2D eigenvalue weighted by atomic mass is 19.4. The fourth-order valence-corrected chi connectivity index (χ4v) is 2.45. The van der Waals surface area contributed by atoms with E-state index in [1.807, 2.05) is 31.2 Å². The lowest BCUT2D eigenvalue weighted by Crippen LogP contribution is -2.17. The van der Waals surface area contributed by atoms with Gasteiger partial charge in [0.1, 0.15) is 5.56 Å². The van der Waals surface area contributed by atoms with Gasteiger partial charge in [0, 0.05) is 11.9 Å². The fourth-order valence-electron chi connectivity index (χ4n) is 2.45. The van der Waals surface area contributed by atoms with E-state index in [1.165, 1.54) is 18.4 Å². The lowest BCUT2D eigenvalue weighted by atomic mass is 10.1. The zero-order valence-electron chi connectivity index (χ0n) is 15.9. The van der Waals surface area contributed by atoms with Gasteiger partial charge in [-0.25, -0.2) is 4.98 Å². The van der Waals surface area contributed by atoms with Gasteiger partial charge in [0.15, 0.2) is 0 Å². The topological polar surface area (TPSA) is 47.0 Å². The summed E-state index contributed by atoms with van der Waals surface area (Å²) in [6, 6.07) is 7.74. The number of halogens is 3. The van der Waals surface area contributed by atoms with Crippen LogP contribution in [0.25, 0.3) is 0 Å². The molecule has 1 N–H and O–H groups in total. The minimum absolute atomic E-state index is 0.0695. The number of rotatable bonds is 9. The van der Waals surface area contributed by atoms with Gasteiger partial charge in [-0.1, -0.05) is 38.8 Å². The Balaban J connectivity index is 2.15. The maximum atomic E-state index is 13.2. The van der Waals surface area contributed by atoms with Crippen LogP contribution in [0.2, 0.25) is 0 Å². The van der Waals surface area contributed by atoms with E-state index in [1.54, 1.807) is 6.92 Å². The van der Waals surface area contributed by atoms with Gasteiger partial charge in [0.25, 0.3) is 0 Å². The molecule has 0 aliphatic heterocycles. The van der Waals surface area contributed by atoms with E-state index in [-0.39, 0.29) is 12.1 Å². The largest absolute Gasteiger partial charge is 0.474 e. The highest BCUT2D eigenvalue weighted by Gasteiger charge is 2.36. The van der Waals surface area contributed by atoms with Crippen molar-refractivity contribution in [2.24, 2.45) is 0 Å². The number of alkyl halides is 3. The molecule has 2 rings (SSSR count). The number of hydrogen-bond acceptors (Lipinski definition) is 4. The summed E-state index contributed by atoms with van der Waals surface area (Å²) >= 11 is 0. The summed E-state index contributed by atoms with van der Waals surface area (Å²) in [6.07, 6.45) is 0.900. The monoisotopic (exact) mass is 381 g/mol. The van der Waals surface area contributed by atoms with E-state index >= 15 is 0 Å². The van der Waals surface area contributed by atoms with Crippen LogP contribution in [0.5, 0.6) is 5.88 Å². The van der Waals surface area contributed by atoms with Gasteiger partial charge in [0.05, 0.1) is 6.10 Å². The molecule has 0 amide bonds. The summed E-state index contributed by atoms with van der Waals surface area (Å²) in [5, 5.41) is 2.94. The second kappa shape index (κ2) is 9.58. The Labute approximate surface area is 158 Å². The van der Waals surface area contributed by atoms with Crippen LogP contribution in [0, 0.1) is 0 Å². The SMILES string of the molecule is CCCCCc1ccc(Nc2ncc(C(F)(F)F)c(OC(C)CC)n2)cc1. The molecular formula is C20H26F3N3O. The molecule has 0 fully saturated rings.